The minimum atomic E-state index is -4.14. The molecule has 0 saturated carbocycles. The van der Waals surface area contributed by atoms with Crippen LogP contribution >= 0.6 is 11.6 Å². The van der Waals surface area contributed by atoms with Crippen LogP contribution in [-0.4, -0.2) is 8.42 Å². The van der Waals surface area contributed by atoms with Crippen molar-refractivity contribution in [2.24, 2.45) is 5.73 Å². The SMILES string of the molecule is NCc1ccc(S(=O)(=O)Nc2cc(F)ccc2F)c(Cl)c1. The Labute approximate surface area is 125 Å². The number of sulfonamides is 1. The van der Waals surface area contributed by atoms with E-state index in [9.17, 15) is 17.2 Å². The summed E-state index contributed by atoms with van der Waals surface area (Å²) in [5.41, 5.74) is 5.58. The van der Waals surface area contributed by atoms with Crippen molar-refractivity contribution in [1.82, 2.24) is 0 Å². The number of anilines is 1. The van der Waals surface area contributed by atoms with Gasteiger partial charge in [0.15, 0.2) is 0 Å². The van der Waals surface area contributed by atoms with Crippen LogP contribution in [0.15, 0.2) is 41.3 Å². The maximum absolute atomic E-state index is 13.5. The van der Waals surface area contributed by atoms with Gasteiger partial charge in [0, 0.05) is 12.6 Å². The van der Waals surface area contributed by atoms with Gasteiger partial charge >= 0.3 is 0 Å². The Hall–Kier alpha value is -1.70. The molecule has 0 spiro atoms. The van der Waals surface area contributed by atoms with Gasteiger partial charge in [-0.15, -0.1) is 0 Å². The summed E-state index contributed by atoms with van der Waals surface area (Å²) in [5.74, 6) is -1.66. The topological polar surface area (TPSA) is 72.2 Å². The van der Waals surface area contributed by atoms with Crippen molar-refractivity contribution in [2.45, 2.75) is 11.4 Å². The normalized spacial score (nSPS) is 11.4. The molecule has 0 aromatic heterocycles. The Balaban J connectivity index is 2.41. The molecule has 0 heterocycles. The molecule has 0 aliphatic carbocycles. The second kappa shape index (κ2) is 5.97. The zero-order chi connectivity index (χ0) is 15.6. The van der Waals surface area contributed by atoms with E-state index in [0.717, 1.165) is 18.2 Å². The lowest BCUT2D eigenvalue weighted by Crippen LogP contribution is -2.15. The molecular formula is C13H11ClF2N2O2S. The fraction of sp³-hybridized carbons (Fsp3) is 0.0769. The fourth-order valence-electron chi connectivity index (χ4n) is 1.66. The third kappa shape index (κ3) is 3.49. The average Bonchev–Trinajstić information content (AvgIpc) is 2.42. The second-order valence-electron chi connectivity index (χ2n) is 4.20. The summed E-state index contributed by atoms with van der Waals surface area (Å²) in [6, 6.07) is 6.60. The maximum atomic E-state index is 13.5. The van der Waals surface area contributed by atoms with Gasteiger partial charge < -0.3 is 5.73 Å². The highest BCUT2D eigenvalue weighted by Crippen LogP contribution is 2.26. The molecule has 8 heteroatoms. The lowest BCUT2D eigenvalue weighted by Gasteiger charge is -2.11. The minimum absolute atomic E-state index is 0.0535. The molecule has 4 nitrogen and oxygen atoms in total. The minimum Gasteiger partial charge on any atom is -0.326 e. The highest BCUT2D eigenvalue weighted by atomic mass is 35.5. The first-order chi connectivity index (χ1) is 9.83. The number of benzene rings is 2. The summed E-state index contributed by atoms with van der Waals surface area (Å²) in [4.78, 5) is -0.245. The van der Waals surface area contributed by atoms with Crippen LogP contribution in [0.25, 0.3) is 0 Å². The van der Waals surface area contributed by atoms with E-state index >= 15 is 0 Å². The van der Waals surface area contributed by atoms with Crippen LogP contribution in [0.4, 0.5) is 14.5 Å². The molecule has 2 rings (SSSR count). The van der Waals surface area contributed by atoms with Crippen LogP contribution in [0.5, 0.6) is 0 Å². The first-order valence-electron chi connectivity index (χ1n) is 5.80. The summed E-state index contributed by atoms with van der Waals surface area (Å²) in [7, 11) is -4.14. The molecule has 0 unspecified atom stereocenters. The zero-order valence-corrected chi connectivity index (χ0v) is 12.2. The first-order valence-corrected chi connectivity index (χ1v) is 7.66. The van der Waals surface area contributed by atoms with Crippen molar-refractivity contribution >= 4 is 27.3 Å². The average molecular weight is 333 g/mol. The molecule has 2 aromatic carbocycles. The van der Waals surface area contributed by atoms with Crippen LogP contribution < -0.4 is 10.5 Å². The molecule has 0 atom stereocenters. The van der Waals surface area contributed by atoms with Gasteiger partial charge in [0.1, 0.15) is 16.5 Å². The van der Waals surface area contributed by atoms with Crippen molar-refractivity contribution < 1.29 is 17.2 Å². The van der Waals surface area contributed by atoms with Gasteiger partial charge in [0.25, 0.3) is 10.0 Å². The summed E-state index contributed by atoms with van der Waals surface area (Å²) in [5, 5.41) is -0.0535. The number of hydrogen-bond acceptors (Lipinski definition) is 3. The van der Waals surface area contributed by atoms with Gasteiger partial charge in [-0.05, 0) is 29.8 Å². The highest BCUT2D eigenvalue weighted by Gasteiger charge is 2.20. The molecule has 0 amide bonds. The lowest BCUT2D eigenvalue weighted by molar-refractivity contribution is 0.594. The molecule has 0 fully saturated rings. The fourth-order valence-corrected chi connectivity index (χ4v) is 3.29. The Morgan fingerprint density at radius 3 is 2.48 bits per heavy atom. The van der Waals surface area contributed by atoms with Gasteiger partial charge in [0.05, 0.1) is 10.7 Å². The molecule has 3 N–H and O–H groups in total. The number of nitrogens with one attached hydrogen (secondary N) is 1. The predicted molar refractivity (Wildman–Crippen MR) is 76.5 cm³/mol. The smallest absolute Gasteiger partial charge is 0.263 e. The van der Waals surface area contributed by atoms with Gasteiger partial charge in [0.2, 0.25) is 0 Å². The molecule has 2 aromatic rings. The molecule has 0 aliphatic rings. The van der Waals surface area contributed by atoms with E-state index in [1.807, 2.05) is 4.72 Å². The molecule has 0 bridgehead atoms. The van der Waals surface area contributed by atoms with E-state index in [2.05, 4.69) is 0 Å². The van der Waals surface area contributed by atoms with E-state index in [1.165, 1.54) is 18.2 Å². The first kappa shape index (κ1) is 15.7. The highest BCUT2D eigenvalue weighted by molar-refractivity contribution is 7.92. The predicted octanol–water partition coefficient (Wildman–Crippen LogP) is 2.88. The van der Waals surface area contributed by atoms with Gasteiger partial charge in [-0.2, -0.15) is 0 Å². The van der Waals surface area contributed by atoms with E-state index in [4.69, 9.17) is 17.3 Å². The Kier molecular flexibility index (Phi) is 4.46. The second-order valence-corrected chi connectivity index (χ2v) is 6.26. The van der Waals surface area contributed by atoms with Crippen molar-refractivity contribution in [3.05, 3.63) is 58.6 Å². The Morgan fingerprint density at radius 1 is 1.14 bits per heavy atom. The standard InChI is InChI=1S/C13H11ClF2N2O2S/c14-10-5-8(7-17)1-4-13(10)21(19,20)18-12-6-9(15)2-3-11(12)16/h1-6,18H,7,17H2. The van der Waals surface area contributed by atoms with Crippen LogP contribution in [-0.2, 0) is 16.6 Å². The summed E-state index contributed by atoms with van der Waals surface area (Å²) < 4.78 is 52.9. The van der Waals surface area contributed by atoms with Crippen molar-refractivity contribution in [2.75, 3.05) is 4.72 Å². The van der Waals surface area contributed by atoms with Crippen molar-refractivity contribution in [1.29, 1.82) is 0 Å². The Bertz CT molecular complexity index is 782. The van der Waals surface area contributed by atoms with E-state index in [-0.39, 0.29) is 16.5 Å². The molecule has 0 saturated heterocycles. The van der Waals surface area contributed by atoms with Gasteiger partial charge in [-0.1, -0.05) is 17.7 Å². The quantitative estimate of drug-likeness (QED) is 0.904. The van der Waals surface area contributed by atoms with Gasteiger partial charge in [-0.25, -0.2) is 17.2 Å². The van der Waals surface area contributed by atoms with Gasteiger partial charge in [-0.3, -0.25) is 4.72 Å². The number of halogens is 3. The van der Waals surface area contributed by atoms with E-state index < -0.39 is 27.3 Å². The number of hydrogen-bond donors (Lipinski definition) is 2. The molecule has 21 heavy (non-hydrogen) atoms. The van der Waals surface area contributed by atoms with Crippen molar-refractivity contribution in [3.63, 3.8) is 0 Å². The number of rotatable bonds is 4. The van der Waals surface area contributed by atoms with Crippen molar-refractivity contribution in [3.8, 4) is 0 Å². The van der Waals surface area contributed by atoms with Crippen LogP contribution in [0.3, 0.4) is 0 Å². The molecular weight excluding hydrogens is 322 g/mol. The Morgan fingerprint density at radius 2 is 1.86 bits per heavy atom. The third-order valence-corrected chi connectivity index (χ3v) is 4.54. The van der Waals surface area contributed by atoms with Crippen LogP contribution in [0.2, 0.25) is 5.02 Å². The lowest BCUT2D eigenvalue weighted by atomic mass is 10.2. The molecule has 112 valence electrons. The van der Waals surface area contributed by atoms with Crippen LogP contribution in [0.1, 0.15) is 5.56 Å². The summed E-state index contributed by atoms with van der Waals surface area (Å²) in [6.07, 6.45) is 0. The third-order valence-electron chi connectivity index (χ3n) is 2.69. The maximum Gasteiger partial charge on any atom is 0.263 e. The largest absolute Gasteiger partial charge is 0.326 e. The molecule has 0 aliphatic heterocycles. The zero-order valence-electron chi connectivity index (χ0n) is 10.6. The van der Waals surface area contributed by atoms with E-state index in [1.54, 1.807) is 0 Å². The summed E-state index contributed by atoms with van der Waals surface area (Å²) >= 11 is 5.89. The molecule has 0 radical (unpaired) electrons. The van der Waals surface area contributed by atoms with Crippen LogP contribution in [0, 0.1) is 11.6 Å². The summed E-state index contributed by atoms with van der Waals surface area (Å²) in [6.45, 7) is 0.200. The monoisotopic (exact) mass is 332 g/mol. The number of nitrogens with two attached hydrogens (primary N) is 1. The van der Waals surface area contributed by atoms with E-state index in [0.29, 0.717) is 5.56 Å².